The molecule has 0 saturated carbocycles. The number of nitrogens with zero attached hydrogens (tertiary/aromatic N) is 2. The van der Waals surface area contributed by atoms with E-state index in [-0.39, 0.29) is 50.2 Å². The molecule has 0 fully saturated rings. The van der Waals surface area contributed by atoms with Crippen LogP contribution < -0.4 is 5.73 Å². The number of unbranched alkanes of at least 4 members (excludes halogenated alkanes) is 16. The Kier molecular flexibility index (Phi) is 33.4. The highest BCUT2D eigenvalue weighted by Gasteiger charge is 2.16. The third-order valence-electron chi connectivity index (χ3n) is 8.97. The van der Waals surface area contributed by atoms with E-state index in [9.17, 15) is 9.59 Å². The standard InChI is InChI=1S/C45H75N3O5/c1-3-5-7-9-11-13-15-17-19-21-23-25-27-29-31-33-43(49)52-39-42(38-51-37-41-35-47-45(46)48-36-41)40-53-44(50)34-32-30-28-26-24-22-20-18-16-14-12-10-8-6-4-2/h11-14,17-20,35-36,42H,3-10,15-16,21-34,37-40H2,1-2H3,(H2,46,47,48)/b13-11-,14-12-,19-17-,20-18-. The molecule has 0 bridgehead atoms. The highest BCUT2D eigenvalue weighted by atomic mass is 16.6. The van der Waals surface area contributed by atoms with Gasteiger partial charge in [0.25, 0.3) is 0 Å². The lowest BCUT2D eigenvalue weighted by Gasteiger charge is -2.17. The van der Waals surface area contributed by atoms with Crippen LogP contribution in [0, 0.1) is 5.92 Å². The molecule has 8 nitrogen and oxygen atoms in total. The topological polar surface area (TPSA) is 114 Å². The number of nitrogen functional groups attached to an aromatic ring is 1. The number of hydrogen-bond donors (Lipinski definition) is 1. The lowest BCUT2D eigenvalue weighted by molar-refractivity contribution is -0.150. The van der Waals surface area contributed by atoms with E-state index in [1.165, 1.54) is 77.0 Å². The Morgan fingerprint density at radius 1 is 0.566 bits per heavy atom. The van der Waals surface area contributed by atoms with Crippen molar-refractivity contribution in [3.05, 3.63) is 66.6 Å². The Labute approximate surface area is 323 Å². The number of allylic oxidation sites excluding steroid dienone is 8. The van der Waals surface area contributed by atoms with Crippen LogP contribution in [0.5, 0.6) is 0 Å². The van der Waals surface area contributed by atoms with E-state index in [0.717, 1.165) is 69.8 Å². The van der Waals surface area contributed by atoms with Gasteiger partial charge in [-0.15, -0.1) is 0 Å². The second-order valence-corrected chi connectivity index (χ2v) is 14.2. The predicted octanol–water partition coefficient (Wildman–Crippen LogP) is 11.9. The van der Waals surface area contributed by atoms with Gasteiger partial charge in [-0.1, -0.05) is 127 Å². The van der Waals surface area contributed by atoms with Crippen molar-refractivity contribution in [3.8, 4) is 0 Å². The summed E-state index contributed by atoms with van der Waals surface area (Å²) in [6, 6.07) is 0. The Hall–Kier alpha value is -3.26. The first-order chi connectivity index (χ1) is 26.0. The molecule has 300 valence electrons. The third-order valence-corrected chi connectivity index (χ3v) is 8.97. The summed E-state index contributed by atoms with van der Waals surface area (Å²) in [6.45, 7) is 5.33. The average molecular weight is 738 g/mol. The van der Waals surface area contributed by atoms with Crippen LogP contribution >= 0.6 is 0 Å². The Morgan fingerprint density at radius 3 is 1.40 bits per heavy atom. The number of hydrogen-bond acceptors (Lipinski definition) is 8. The monoisotopic (exact) mass is 738 g/mol. The SMILES string of the molecule is CCCCC/C=C\C/C=C\CCCCCCCC(=O)OCC(COCc1cnc(N)nc1)COC(=O)CCCCCCC/C=C\C/C=C\CCCCC. The minimum absolute atomic E-state index is 0.147. The summed E-state index contributed by atoms with van der Waals surface area (Å²) >= 11 is 0. The van der Waals surface area contributed by atoms with Crippen molar-refractivity contribution in [1.82, 2.24) is 9.97 Å². The van der Waals surface area contributed by atoms with E-state index in [2.05, 4.69) is 72.4 Å². The molecule has 0 saturated heterocycles. The van der Waals surface area contributed by atoms with E-state index in [1.807, 2.05) is 0 Å². The van der Waals surface area contributed by atoms with Gasteiger partial charge in [-0.2, -0.15) is 0 Å². The molecule has 0 aliphatic heterocycles. The molecule has 0 aliphatic rings. The van der Waals surface area contributed by atoms with Gasteiger partial charge in [0, 0.05) is 30.8 Å². The minimum Gasteiger partial charge on any atom is -0.465 e. The zero-order valence-corrected chi connectivity index (χ0v) is 33.7. The third kappa shape index (κ3) is 33.1. The molecule has 0 aliphatic carbocycles. The number of ether oxygens (including phenoxy) is 3. The van der Waals surface area contributed by atoms with Gasteiger partial charge in [-0.3, -0.25) is 9.59 Å². The summed E-state index contributed by atoms with van der Waals surface area (Å²) in [7, 11) is 0. The van der Waals surface area contributed by atoms with Crippen LogP contribution in [0.15, 0.2) is 61.0 Å². The first-order valence-corrected chi connectivity index (χ1v) is 21.1. The molecule has 1 rings (SSSR count). The normalized spacial score (nSPS) is 12.0. The molecule has 0 amide bonds. The van der Waals surface area contributed by atoms with Crippen LogP contribution in [-0.2, 0) is 30.4 Å². The Bertz CT molecular complexity index is 1050. The van der Waals surface area contributed by atoms with Crippen molar-refractivity contribution >= 4 is 17.9 Å². The fraction of sp³-hybridized carbons (Fsp3) is 0.689. The number of anilines is 1. The largest absolute Gasteiger partial charge is 0.465 e. The summed E-state index contributed by atoms with van der Waals surface area (Å²) < 4.78 is 17.0. The molecular formula is C45H75N3O5. The zero-order valence-electron chi connectivity index (χ0n) is 33.7. The van der Waals surface area contributed by atoms with Crippen LogP contribution in [0.4, 0.5) is 5.95 Å². The lowest BCUT2D eigenvalue weighted by Crippen LogP contribution is -2.25. The highest BCUT2D eigenvalue weighted by Crippen LogP contribution is 2.12. The molecule has 0 radical (unpaired) electrons. The molecule has 1 aromatic heterocycles. The first kappa shape index (κ1) is 47.8. The molecule has 8 heteroatoms. The number of aromatic nitrogens is 2. The molecule has 0 unspecified atom stereocenters. The second kappa shape index (κ2) is 37.1. The van der Waals surface area contributed by atoms with E-state index < -0.39 is 0 Å². The van der Waals surface area contributed by atoms with E-state index >= 15 is 0 Å². The van der Waals surface area contributed by atoms with Gasteiger partial charge >= 0.3 is 11.9 Å². The van der Waals surface area contributed by atoms with Gasteiger partial charge < -0.3 is 19.9 Å². The summed E-state index contributed by atoms with van der Waals surface area (Å²) in [5, 5.41) is 0. The van der Waals surface area contributed by atoms with Gasteiger partial charge in [0.05, 0.1) is 32.3 Å². The smallest absolute Gasteiger partial charge is 0.305 e. The number of nitrogens with two attached hydrogens (primary N) is 1. The molecule has 2 N–H and O–H groups in total. The van der Waals surface area contributed by atoms with Gasteiger partial charge in [-0.25, -0.2) is 9.97 Å². The van der Waals surface area contributed by atoms with Crippen LogP contribution in [0.2, 0.25) is 0 Å². The maximum atomic E-state index is 12.5. The molecule has 0 atom stereocenters. The molecular weight excluding hydrogens is 663 g/mol. The van der Waals surface area contributed by atoms with E-state index in [1.54, 1.807) is 12.4 Å². The van der Waals surface area contributed by atoms with Crippen LogP contribution in [0.25, 0.3) is 0 Å². The van der Waals surface area contributed by atoms with Crippen LogP contribution in [-0.4, -0.2) is 41.7 Å². The lowest BCUT2D eigenvalue weighted by atomic mass is 10.1. The number of esters is 2. The maximum absolute atomic E-state index is 12.5. The van der Waals surface area contributed by atoms with Crippen molar-refractivity contribution < 1.29 is 23.8 Å². The molecule has 53 heavy (non-hydrogen) atoms. The Morgan fingerprint density at radius 2 is 0.962 bits per heavy atom. The summed E-state index contributed by atoms with van der Waals surface area (Å²) in [4.78, 5) is 33.0. The molecule has 1 heterocycles. The quantitative estimate of drug-likeness (QED) is 0.0411. The van der Waals surface area contributed by atoms with Crippen LogP contribution in [0.3, 0.4) is 0 Å². The van der Waals surface area contributed by atoms with Gasteiger partial charge in [0.2, 0.25) is 5.95 Å². The van der Waals surface area contributed by atoms with Crippen molar-refractivity contribution in [1.29, 1.82) is 0 Å². The van der Waals surface area contributed by atoms with Crippen LogP contribution in [0.1, 0.15) is 174 Å². The van der Waals surface area contributed by atoms with Gasteiger partial charge in [-0.05, 0) is 77.0 Å². The number of carbonyl (C=O) groups is 2. The van der Waals surface area contributed by atoms with Gasteiger partial charge in [0.15, 0.2) is 0 Å². The van der Waals surface area contributed by atoms with E-state index in [0.29, 0.717) is 12.8 Å². The van der Waals surface area contributed by atoms with Crippen molar-refractivity contribution in [3.63, 3.8) is 0 Å². The fourth-order valence-corrected chi connectivity index (χ4v) is 5.65. The van der Waals surface area contributed by atoms with Crippen molar-refractivity contribution in [2.45, 2.75) is 175 Å². The zero-order chi connectivity index (χ0) is 38.3. The number of carbonyl (C=O) groups excluding carboxylic acids is 2. The fourth-order valence-electron chi connectivity index (χ4n) is 5.65. The molecule has 1 aromatic rings. The Balaban J connectivity index is 2.23. The van der Waals surface area contributed by atoms with Gasteiger partial charge in [0.1, 0.15) is 0 Å². The second-order valence-electron chi connectivity index (χ2n) is 14.2. The minimum atomic E-state index is -0.258. The molecule has 0 spiro atoms. The van der Waals surface area contributed by atoms with E-state index in [4.69, 9.17) is 19.9 Å². The molecule has 0 aromatic carbocycles. The highest BCUT2D eigenvalue weighted by molar-refractivity contribution is 5.69. The average Bonchev–Trinajstić information content (AvgIpc) is 3.16. The number of rotatable bonds is 36. The summed E-state index contributed by atoms with van der Waals surface area (Å²) in [5.41, 5.74) is 6.36. The summed E-state index contributed by atoms with van der Waals surface area (Å²) in [6.07, 6.45) is 47.3. The first-order valence-electron chi connectivity index (χ1n) is 21.1. The van der Waals surface area contributed by atoms with Crippen molar-refractivity contribution in [2.75, 3.05) is 25.6 Å². The van der Waals surface area contributed by atoms with Crippen molar-refractivity contribution in [2.24, 2.45) is 5.92 Å². The maximum Gasteiger partial charge on any atom is 0.305 e. The predicted molar refractivity (Wildman–Crippen MR) is 220 cm³/mol. The summed E-state index contributed by atoms with van der Waals surface area (Å²) in [5.74, 6) is -0.487.